The molecule has 3 amide bonds. The molecule has 6 nitrogen and oxygen atoms in total. The molecule has 3 N–H and O–H groups in total. The van der Waals surface area contributed by atoms with Crippen LogP contribution in [0.25, 0.3) is 6.08 Å². The fraction of sp³-hybridized carbons (Fsp3) is 0.0333. The summed E-state index contributed by atoms with van der Waals surface area (Å²) < 4.78 is 13.3. The van der Waals surface area contributed by atoms with Crippen LogP contribution < -0.4 is 16.0 Å². The molecule has 0 radical (unpaired) electrons. The molecule has 208 valence electrons. The molecule has 0 fully saturated rings. The quantitative estimate of drug-likeness (QED) is 0.130. The lowest BCUT2D eigenvalue weighted by atomic mass is 10.1. The van der Waals surface area contributed by atoms with Crippen molar-refractivity contribution in [3.8, 4) is 0 Å². The average Bonchev–Trinajstić information content (AvgIpc) is 2.96. The number of nitrogens with one attached hydrogen (secondary N) is 3. The minimum absolute atomic E-state index is 0.0649. The molecular weight excluding hydrogens is 608 g/mol. The monoisotopic (exact) mass is 627 g/mol. The van der Waals surface area contributed by atoms with Crippen LogP contribution in [0.15, 0.2) is 102 Å². The summed E-state index contributed by atoms with van der Waals surface area (Å²) in [6.45, 7) is 0. The SMILES string of the molecule is O=C(CSc1ccc(NC(=O)/C(=C/c2c(Cl)cccc2Cl)NC(=O)c2ccccc2)cc1)Nc1ccc(F)c(Cl)c1. The predicted molar refractivity (Wildman–Crippen MR) is 164 cm³/mol. The summed E-state index contributed by atoms with van der Waals surface area (Å²) in [5.41, 5.74) is 1.52. The van der Waals surface area contributed by atoms with Gasteiger partial charge in [0, 0.05) is 37.4 Å². The van der Waals surface area contributed by atoms with E-state index < -0.39 is 17.6 Å². The number of hydrogen-bond acceptors (Lipinski definition) is 4. The normalized spacial score (nSPS) is 11.1. The molecular formula is C30H21Cl3FN3O3S. The lowest BCUT2D eigenvalue weighted by Gasteiger charge is -2.13. The lowest BCUT2D eigenvalue weighted by Crippen LogP contribution is -2.30. The van der Waals surface area contributed by atoms with Crippen molar-refractivity contribution >= 4 is 81.7 Å². The predicted octanol–water partition coefficient (Wildman–Crippen LogP) is 7.93. The highest BCUT2D eigenvalue weighted by Gasteiger charge is 2.17. The highest BCUT2D eigenvalue weighted by Crippen LogP contribution is 2.27. The molecule has 0 aliphatic heterocycles. The Morgan fingerprint density at radius 3 is 2.07 bits per heavy atom. The standard InChI is InChI=1S/C30H21Cl3FN3O3S/c31-23-7-4-8-24(32)22(23)16-27(37-29(39)18-5-2-1-3-6-18)30(40)36-19-9-12-21(13-10-19)41-17-28(38)35-20-11-14-26(34)25(33)15-20/h1-16H,17H2,(H,35,38)(H,36,40)(H,37,39)/b27-16-. The van der Waals surface area contributed by atoms with Crippen LogP contribution in [0.3, 0.4) is 0 Å². The molecule has 0 unspecified atom stereocenters. The molecule has 0 aliphatic rings. The number of thioether (sulfide) groups is 1. The van der Waals surface area contributed by atoms with Crippen LogP contribution in [-0.2, 0) is 9.59 Å². The smallest absolute Gasteiger partial charge is 0.272 e. The Bertz CT molecular complexity index is 1600. The van der Waals surface area contributed by atoms with E-state index in [0.29, 0.717) is 32.5 Å². The number of anilines is 2. The van der Waals surface area contributed by atoms with E-state index in [9.17, 15) is 18.8 Å². The van der Waals surface area contributed by atoms with Crippen molar-refractivity contribution in [1.82, 2.24) is 5.32 Å². The van der Waals surface area contributed by atoms with E-state index in [2.05, 4.69) is 16.0 Å². The third kappa shape index (κ3) is 8.58. The molecule has 0 saturated heterocycles. The van der Waals surface area contributed by atoms with Gasteiger partial charge in [-0.05, 0) is 72.8 Å². The van der Waals surface area contributed by atoms with E-state index in [1.54, 1.807) is 72.8 Å². The Morgan fingerprint density at radius 1 is 0.756 bits per heavy atom. The maximum atomic E-state index is 13.3. The van der Waals surface area contributed by atoms with Gasteiger partial charge in [0.2, 0.25) is 5.91 Å². The molecule has 0 atom stereocenters. The van der Waals surface area contributed by atoms with E-state index in [0.717, 1.165) is 4.90 Å². The molecule has 0 aromatic heterocycles. The van der Waals surface area contributed by atoms with Gasteiger partial charge in [-0.2, -0.15) is 0 Å². The lowest BCUT2D eigenvalue weighted by molar-refractivity contribution is -0.114. The number of rotatable bonds is 9. The van der Waals surface area contributed by atoms with Gasteiger partial charge >= 0.3 is 0 Å². The Morgan fingerprint density at radius 2 is 1.41 bits per heavy atom. The first kappa shape index (κ1) is 30.1. The average molecular weight is 629 g/mol. The fourth-order valence-electron chi connectivity index (χ4n) is 3.49. The van der Waals surface area contributed by atoms with Gasteiger partial charge in [0.25, 0.3) is 11.8 Å². The second kappa shape index (κ2) is 14.2. The largest absolute Gasteiger partial charge is 0.325 e. The Hall–Kier alpha value is -3.82. The minimum atomic E-state index is -0.594. The molecule has 11 heteroatoms. The van der Waals surface area contributed by atoms with E-state index in [1.165, 1.54) is 36.0 Å². The summed E-state index contributed by atoms with van der Waals surface area (Å²) in [5, 5.41) is 8.59. The summed E-state index contributed by atoms with van der Waals surface area (Å²) in [5.74, 6) is -1.85. The number of benzene rings is 4. The van der Waals surface area contributed by atoms with Gasteiger partial charge in [-0.15, -0.1) is 11.8 Å². The molecule has 41 heavy (non-hydrogen) atoms. The van der Waals surface area contributed by atoms with Gasteiger partial charge in [0.15, 0.2) is 0 Å². The summed E-state index contributed by atoms with van der Waals surface area (Å²) >= 11 is 19.6. The van der Waals surface area contributed by atoms with Crippen molar-refractivity contribution in [2.45, 2.75) is 4.90 Å². The molecule has 4 aromatic carbocycles. The summed E-state index contributed by atoms with van der Waals surface area (Å²) in [6, 6.07) is 24.1. The van der Waals surface area contributed by atoms with Crippen LogP contribution in [-0.4, -0.2) is 23.5 Å². The first-order valence-electron chi connectivity index (χ1n) is 12.0. The van der Waals surface area contributed by atoms with Gasteiger partial charge in [-0.3, -0.25) is 14.4 Å². The third-order valence-corrected chi connectivity index (χ3v) is 7.46. The van der Waals surface area contributed by atoms with Crippen molar-refractivity contribution < 1.29 is 18.8 Å². The molecule has 0 heterocycles. The Kier molecular flexibility index (Phi) is 10.4. The van der Waals surface area contributed by atoms with E-state index >= 15 is 0 Å². The van der Waals surface area contributed by atoms with Crippen molar-refractivity contribution in [3.05, 3.63) is 129 Å². The highest BCUT2D eigenvalue weighted by atomic mass is 35.5. The minimum Gasteiger partial charge on any atom is -0.325 e. The fourth-order valence-corrected chi connectivity index (χ4v) is 4.87. The van der Waals surface area contributed by atoms with E-state index in [4.69, 9.17) is 34.8 Å². The van der Waals surface area contributed by atoms with Gasteiger partial charge in [0.1, 0.15) is 11.5 Å². The van der Waals surface area contributed by atoms with Crippen LogP contribution in [0.4, 0.5) is 15.8 Å². The number of hydrogen-bond donors (Lipinski definition) is 3. The van der Waals surface area contributed by atoms with Gasteiger partial charge in [-0.1, -0.05) is 59.1 Å². The maximum Gasteiger partial charge on any atom is 0.272 e. The van der Waals surface area contributed by atoms with Gasteiger partial charge < -0.3 is 16.0 Å². The van der Waals surface area contributed by atoms with Gasteiger partial charge in [0.05, 0.1) is 10.8 Å². The van der Waals surface area contributed by atoms with Crippen molar-refractivity contribution in [1.29, 1.82) is 0 Å². The van der Waals surface area contributed by atoms with Crippen LogP contribution in [0.2, 0.25) is 15.1 Å². The van der Waals surface area contributed by atoms with Crippen LogP contribution in [0.5, 0.6) is 0 Å². The summed E-state index contributed by atoms with van der Waals surface area (Å²) in [6.07, 6.45) is 1.41. The zero-order valence-electron chi connectivity index (χ0n) is 21.1. The van der Waals surface area contributed by atoms with E-state index in [-0.39, 0.29) is 22.4 Å². The number of amides is 3. The maximum absolute atomic E-state index is 13.3. The van der Waals surface area contributed by atoms with Crippen LogP contribution in [0, 0.1) is 5.82 Å². The molecule has 0 saturated carbocycles. The molecule has 0 bridgehead atoms. The zero-order valence-corrected chi connectivity index (χ0v) is 24.2. The first-order chi connectivity index (χ1) is 19.7. The molecule has 4 aromatic rings. The molecule has 4 rings (SSSR count). The van der Waals surface area contributed by atoms with Crippen molar-refractivity contribution in [2.24, 2.45) is 0 Å². The molecule has 0 spiro atoms. The number of carbonyl (C=O) groups is 3. The number of carbonyl (C=O) groups excluding carboxylic acids is 3. The van der Waals surface area contributed by atoms with E-state index in [1.807, 2.05) is 0 Å². The zero-order chi connectivity index (χ0) is 29.4. The van der Waals surface area contributed by atoms with Crippen LogP contribution >= 0.6 is 46.6 Å². The Labute approximate surface area is 254 Å². The Balaban J connectivity index is 1.43. The number of halogens is 4. The van der Waals surface area contributed by atoms with Crippen LogP contribution in [0.1, 0.15) is 15.9 Å². The van der Waals surface area contributed by atoms with Crippen molar-refractivity contribution in [2.75, 3.05) is 16.4 Å². The summed E-state index contributed by atoms with van der Waals surface area (Å²) in [4.78, 5) is 39.1. The molecule has 0 aliphatic carbocycles. The highest BCUT2D eigenvalue weighted by molar-refractivity contribution is 8.00. The van der Waals surface area contributed by atoms with Crippen molar-refractivity contribution in [3.63, 3.8) is 0 Å². The third-order valence-electron chi connectivity index (χ3n) is 5.50. The van der Waals surface area contributed by atoms with Gasteiger partial charge in [-0.25, -0.2) is 4.39 Å². The first-order valence-corrected chi connectivity index (χ1v) is 14.1. The second-order valence-electron chi connectivity index (χ2n) is 8.46. The second-order valence-corrected chi connectivity index (χ2v) is 10.7. The topological polar surface area (TPSA) is 87.3 Å². The summed E-state index contributed by atoms with van der Waals surface area (Å²) in [7, 11) is 0.